The molecule has 8 nitrogen and oxygen atoms in total. The number of hydrogen-bond donors (Lipinski definition) is 1. The number of anilines is 1. The molecule has 0 saturated heterocycles. The van der Waals surface area contributed by atoms with Crippen LogP contribution >= 0.6 is 23.4 Å². The van der Waals surface area contributed by atoms with E-state index in [1.165, 1.54) is 23.9 Å². The molecule has 1 amide bonds. The lowest BCUT2D eigenvalue weighted by atomic mass is 10.2. The van der Waals surface area contributed by atoms with Crippen molar-refractivity contribution in [3.8, 4) is 17.1 Å². The Morgan fingerprint density at radius 3 is 2.34 bits per heavy atom. The molecule has 3 aromatic carbocycles. The molecule has 4 rings (SSSR count). The number of para-hydroxylation sites is 1. The van der Waals surface area contributed by atoms with Gasteiger partial charge in [0.1, 0.15) is 0 Å². The normalized spacial score (nSPS) is 10.7. The second kappa shape index (κ2) is 9.63. The van der Waals surface area contributed by atoms with Crippen LogP contribution in [0.4, 0.5) is 11.4 Å². The summed E-state index contributed by atoms with van der Waals surface area (Å²) in [4.78, 5) is 22.9. The molecule has 1 N–H and O–H groups in total. The Labute approximate surface area is 192 Å². The highest BCUT2D eigenvalue weighted by atomic mass is 35.5. The van der Waals surface area contributed by atoms with Crippen LogP contribution in [0, 0.1) is 10.1 Å². The molecular formula is C22H16ClN5O3S. The number of nitrogens with one attached hydrogen (secondary N) is 1. The Kier molecular flexibility index (Phi) is 6.48. The first kappa shape index (κ1) is 21.5. The molecule has 0 aliphatic rings. The van der Waals surface area contributed by atoms with Crippen LogP contribution in [0.3, 0.4) is 0 Å². The van der Waals surface area contributed by atoms with E-state index in [1.807, 2.05) is 34.9 Å². The summed E-state index contributed by atoms with van der Waals surface area (Å²) in [6.45, 7) is 0. The van der Waals surface area contributed by atoms with Crippen LogP contribution in [0.2, 0.25) is 5.02 Å². The van der Waals surface area contributed by atoms with E-state index >= 15 is 0 Å². The number of non-ortho nitro benzene ring substituents is 1. The molecule has 0 spiro atoms. The molecule has 0 radical (unpaired) electrons. The number of thioether (sulfide) groups is 1. The number of hydrogen-bond acceptors (Lipinski definition) is 6. The molecule has 160 valence electrons. The van der Waals surface area contributed by atoms with E-state index in [0.29, 0.717) is 27.3 Å². The molecule has 1 heterocycles. The molecule has 0 atom stereocenters. The molecule has 10 heteroatoms. The highest BCUT2D eigenvalue weighted by Gasteiger charge is 2.18. The van der Waals surface area contributed by atoms with E-state index in [-0.39, 0.29) is 17.3 Å². The molecule has 0 aliphatic carbocycles. The fourth-order valence-electron chi connectivity index (χ4n) is 2.95. The predicted octanol–water partition coefficient (Wildman–Crippen LogP) is 5.23. The lowest BCUT2D eigenvalue weighted by Crippen LogP contribution is -2.14. The third-order valence-corrected chi connectivity index (χ3v) is 5.63. The number of rotatable bonds is 7. The van der Waals surface area contributed by atoms with Crippen molar-refractivity contribution in [3.05, 3.63) is 94.0 Å². The van der Waals surface area contributed by atoms with Gasteiger partial charge in [0.2, 0.25) is 5.91 Å². The van der Waals surface area contributed by atoms with Crippen LogP contribution < -0.4 is 5.32 Å². The summed E-state index contributed by atoms with van der Waals surface area (Å²) >= 11 is 7.11. The van der Waals surface area contributed by atoms with Crippen molar-refractivity contribution in [3.63, 3.8) is 0 Å². The fourth-order valence-corrected chi connectivity index (χ4v) is 3.83. The second-order valence-corrected chi connectivity index (χ2v) is 8.00. The summed E-state index contributed by atoms with van der Waals surface area (Å²) in [7, 11) is 0. The van der Waals surface area contributed by atoms with E-state index in [0.717, 1.165) is 5.69 Å². The Balaban J connectivity index is 1.58. The van der Waals surface area contributed by atoms with Crippen molar-refractivity contribution >= 4 is 40.6 Å². The van der Waals surface area contributed by atoms with Gasteiger partial charge >= 0.3 is 0 Å². The zero-order valence-electron chi connectivity index (χ0n) is 16.5. The van der Waals surface area contributed by atoms with Crippen LogP contribution in [0.15, 0.2) is 84.0 Å². The number of nitro groups is 1. The monoisotopic (exact) mass is 465 g/mol. The zero-order valence-corrected chi connectivity index (χ0v) is 18.1. The third kappa shape index (κ3) is 4.96. The van der Waals surface area contributed by atoms with Crippen LogP contribution in [-0.2, 0) is 4.79 Å². The molecule has 4 aromatic rings. The number of nitro benzene ring substituents is 1. The van der Waals surface area contributed by atoms with Gasteiger partial charge < -0.3 is 5.32 Å². The Morgan fingerprint density at radius 1 is 1.00 bits per heavy atom. The van der Waals surface area contributed by atoms with E-state index in [2.05, 4.69) is 15.5 Å². The number of benzene rings is 3. The topological polar surface area (TPSA) is 103 Å². The Hall–Kier alpha value is -3.69. The highest BCUT2D eigenvalue weighted by Crippen LogP contribution is 2.29. The molecule has 0 fully saturated rings. The van der Waals surface area contributed by atoms with Gasteiger partial charge in [0.05, 0.1) is 10.7 Å². The maximum atomic E-state index is 12.4. The zero-order chi connectivity index (χ0) is 22.5. The number of amides is 1. The van der Waals surface area contributed by atoms with Crippen LogP contribution in [0.5, 0.6) is 0 Å². The quantitative estimate of drug-likeness (QED) is 0.228. The van der Waals surface area contributed by atoms with E-state index in [4.69, 9.17) is 11.6 Å². The first-order chi connectivity index (χ1) is 15.5. The average molecular weight is 466 g/mol. The minimum atomic E-state index is -0.452. The second-order valence-electron chi connectivity index (χ2n) is 6.62. The third-order valence-electron chi connectivity index (χ3n) is 4.44. The number of carbonyl (C=O) groups excluding carboxylic acids is 1. The summed E-state index contributed by atoms with van der Waals surface area (Å²) in [6, 6.07) is 22.4. The average Bonchev–Trinajstić information content (AvgIpc) is 3.24. The van der Waals surface area contributed by atoms with Gasteiger partial charge in [0, 0.05) is 34.1 Å². The van der Waals surface area contributed by atoms with Crippen molar-refractivity contribution in [1.29, 1.82) is 0 Å². The van der Waals surface area contributed by atoms with E-state index in [1.54, 1.807) is 36.4 Å². The summed E-state index contributed by atoms with van der Waals surface area (Å²) in [5.41, 5.74) is 2.12. The van der Waals surface area contributed by atoms with Gasteiger partial charge in [-0.3, -0.25) is 19.5 Å². The molecule has 0 saturated carbocycles. The Morgan fingerprint density at radius 2 is 1.69 bits per heavy atom. The van der Waals surface area contributed by atoms with Crippen molar-refractivity contribution in [2.24, 2.45) is 0 Å². The van der Waals surface area contributed by atoms with E-state index < -0.39 is 4.92 Å². The Bertz CT molecular complexity index is 1250. The smallest absolute Gasteiger partial charge is 0.269 e. The van der Waals surface area contributed by atoms with Gasteiger partial charge in [-0.1, -0.05) is 41.6 Å². The van der Waals surface area contributed by atoms with Crippen molar-refractivity contribution in [2.45, 2.75) is 5.16 Å². The predicted molar refractivity (Wildman–Crippen MR) is 124 cm³/mol. The van der Waals surface area contributed by atoms with Gasteiger partial charge in [-0.05, 0) is 48.5 Å². The first-order valence-electron chi connectivity index (χ1n) is 9.45. The molecular weight excluding hydrogens is 450 g/mol. The number of nitrogens with zero attached hydrogens (tertiary/aromatic N) is 4. The SMILES string of the molecule is O=C(CSc1nnc(-c2ccc([N+](=O)[O-])cc2)n1-c1ccccc1)Nc1ccc(Cl)cc1. The first-order valence-corrected chi connectivity index (χ1v) is 10.8. The minimum Gasteiger partial charge on any atom is -0.325 e. The van der Waals surface area contributed by atoms with Crippen LogP contribution in [0.25, 0.3) is 17.1 Å². The molecule has 0 unspecified atom stereocenters. The minimum absolute atomic E-state index is 0.00649. The lowest BCUT2D eigenvalue weighted by Gasteiger charge is -2.10. The molecule has 32 heavy (non-hydrogen) atoms. The standard InChI is InChI=1S/C22H16ClN5O3S/c23-16-8-10-17(11-9-16)24-20(29)14-32-22-26-25-21(27(22)18-4-2-1-3-5-18)15-6-12-19(13-7-15)28(30)31/h1-13H,14H2,(H,24,29). The number of carbonyl (C=O) groups is 1. The number of halogens is 1. The largest absolute Gasteiger partial charge is 0.325 e. The van der Waals surface area contributed by atoms with E-state index in [9.17, 15) is 14.9 Å². The van der Waals surface area contributed by atoms with Crippen molar-refractivity contribution in [1.82, 2.24) is 14.8 Å². The summed E-state index contributed by atoms with van der Waals surface area (Å²) in [6.07, 6.45) is 0. The summed E-state index contributed by atoms with van der Waals surface area (Å²) < 4.78 is 1.82. The van der Waals surface area contributed by atoms with Gasteiger partial charge in [0.15, 0.2) is 11.0 Å². The van der Waals surface area contributed by atoms with Gasteiger partial charge in [0.25, 0.3) is 5.69 Å². The molecule has 1 aromatic heterocycles. The summed E-state index contributed by atoms with van der Waals surface area (Å²) in [5.74, 6) is 0.442. The molecule has 0 aliphatic heterocycles. The highest BCUT2D eigenvalue weighted by molar-refractivity contribution is 7.99. The maximum Gasteiger partial charge on any atom is 0.269 e. The van der Waals surface area contributed by atoms with Gasteiger partial charge in [-0.2, -0.15) is 0 Å². The maximum absolute atomic E-state index is 12.4. The lowest BCUT2D eigenvalue weighted by molar-refractivity contribution is -0.384. The molecule has 0 bridgehead atoms. The van der Waals surface area contributed by atoms with Crippen LogP contribution in [-0.4, -0.2) is 31.3 Å². The summed E-state index contributed by atoms with van der Waals surface area (Å²) in [5, 5.41) is 23.4. The van der Waals surface area contributed by atoms with Gasteiger partial charge in [-0.15, -0.1) is 10.2 Å². The van der Waals surface area contributed by atoms with Crippen molar-refractivity contribution < 1.29 is 9.72 Å². The van der Waals surface area contributed by atoms with Crippen molar-refractivity contribution in [2.75, 3.05) is 11.1 Å². The fraction of sp³-hybridized carbons (Fsp3) is 0.0455. The van der Waals surface area contributed by atoms with Crippen LogP contribution in [0.1, 0.15) is 0 Å². The van der Waals surface area contributed by atoms with Gasteiger partial charge in [-0.25, -0.2) is 0 Å². The number of aromatic nitrogens is 3.